The second-order valence-electron chi connectivity index (χ2n) is 11.2. The highest BCUT2D eigenvalue weighted by atomic mass is 35.5. The van der Waals surface area contributed by atoms with Gasteiger partial charge in [0.1, 0.15) is 11.9 Å². The van der Waals surface area contributed by atoms with Crippen LogP contribution in [-0.4, -0.2) is 20.1 Å². The lowest BCUT2D eigenvalue weighted by atomic mass is 9.88. The zero-order valence-corrected chi connectivity index (χ0v) is 28.9. The van der Waals surface area contributed by atoms with Crippen LogP contribution in [0.1, 0.15) is 65.6 Å². The Morgan fingerprint density at radius 2 is 1.00 bits per heavy atom. The lowest BCUT2D eigenvalue weighted by Crippen LogP contribution is -2.21. The number of hydrogen-bond acceptors (Lipinski definition) is 3. The molecule has 5 aromatic carbocycles. The Balaban J connectivity index is 0.000000321. The van der Waals surface area contributed by atoms with Gasteiger partial charge in [-0.3, -0.25) is 0 Å². The van der Waals surface area contributed by atoms with Crippen molar-refractivity contribution in [2.24, 2.45) is 0 Å². The van der Waals surface area contributed by atoms with Crippen LogP contribution in [0.2, 0.25) is 0 Å². The minimum atomic E-state index is -4.33. The molecule has 0 amide bonds. The Morgan fingerprint density at radius 3 is 1.44 bits per heavy atom. The van der Waals surface area contributed by atoms with Crippen LogP contribution in [0.5, 0.6) is 5.75 Å². The number of benzene rings is 5. The molecule has 0 aliphatic carbocycles. The lowest BCUT2D eigenvalue weighted by Gasteiger charge is -2.20. The summed E-state index contributed by atoms with van der Waals surface area (Å²) in [4.78, 5) is 0. The Labute approximate surface area is 295 Å². The summed E-state index contributed by atoms with van der Waals surface area (Å²) in [5.41, 5.74) is 4.44. The molecule has 0 spiro atoms. The Kier molecular flexibility index (Phi) is 17.8. The molecule has 48 heavy (non-hydrogen) atoms. The molecule has 0 saturated heterocycles. The molecule has 0 heterocycles. The van der Waals surface area contributed by atoms with Crippen molar-refractivity contribution in [2.45, 2.75) is 44.0 Å². The third-order valence-corrected chi connectivity index (χ3v) is 7.87. The molecule has 3 nitrogen and oxygen atoms in total. The highest BCUT2D eigenvalue weighted by Gasteiger charge is 2.30. The van der Waals surface area contributed by atoms with E-state index < -0.39 is 11.7 Å². The van der Waals surface area contributed by atoms with Crippen molar-refractivity contribution >= 4 is 24.8 Å². The van der Waals surface area contributed by atoms with E-state index in [0.29, 0.717) is 17.7 Å². The first kappa shape index (κ1) is 40.4. The van der Waals surface area contributed by atoms with Crippen LogP contribution >= 0.6 is 24.8 Å². The summed E-state index contributed by atoms with van der Waals surface area (Å²) < 4.78 is 43.6. The van der Waals surface area contributed by atoms with E-state index in [0.717, 1.165) is 43.6 Å². The highest BCUT2D eigenvalue weighted by molar-refractivity contribution is 5.85. The zero-order valence-electron chi connectivity index (χ0n) is 27.3. The fourth-order valence-corrected chi connectivity index (χ4v) is 5.32. The second-order valence-corrected chi connectivity index (χ2v) is 11.2. The summed E-state index contributed by atoms with van der Waals surface area (Å²) in [7, 11) is 1.85. The maximum absolute atomic E-state index is 12.6. The predicted molar refractivity (Wildman–Crippen MR) is 196 cm³/mol. The number of ether oxygens (including phenoxy) is 1. The van der Waals surface area contributed by atoms with Gasteiger partial charge in [0.25, 0.3) is 0 Å². The predicted octanol–water partition coefficient (Wildman–Crippen LogP) is 10.8. The molecule has 0 radical (unpaired) electrons. The molecule has 0 aromatic heterocycles. The number of alkyl halides is 3. The molecule has 5 aromatic rings. The van der Waals surface area contributed by atoms with Gasteiger partial charge in [0.05, 0.1) is 5.56 Å². The van der Waals surface area contributed by atoms with Gasteiger partial charge >= 0.3 is 6.18 Å². The molecule has 256 valence electrons. The van der Waals surface area contributed by atoms with Crippen LogP contribution in [0.4, 0.5) is 13.2 Å². The van der Waals surface area contributed by atoms with Crippen LogP contribution in [0, 0.1) is 0 Å². The molecule has 0 aliphatic heterocycles. The highest BCUT2D eigenvalue weighted by Crippen LogP contribution is 2.32. The fraction of sp³-hybridized carbons (Fsp3) is 0.250. The van der Waals surface area contributed by atoms with Gasteiger partial charge in [0.15, 0.2) is 0 Å². The van der Waals surface area contributed by atoms with E-state index in [-0.39, 0.29) is 30.9 Å². The molecule has 0 fully saturated rings. The van der Waals surface area contributed by atoms with E-state index in [1.807, 2.05) is 37.4 Å². The average Bonchev–Trinajstić information content (AvgIpc) is 3.10. The van der Waals surface area contributed by atoms with Crippen molar-refractivity contribution in [3.05, 3.63) is 173 Å². The normalized spacial score (nSPS) is 12.0. The van der Waals surface area contributed by atoms with Crippen molar-refractivity contribution in [3.63, 3.8) is 0 Å². The first-order valence-electron chi connectivity index (χ1n) is 15.8. The topological polar surface area (TPSA) is 33.3 Å². The Morgan fingerprint density at radius 1 is 0.562 bits per heavy atom. The van der Waals surface area contributed by atoms with E-state index in [1.165, 1.54) is 28.8 Å². The van der Waals surface area contributed by atoms with Gasteiger partial charge in [0.2, 0.25) is 0 Å². The second kappa shape index (κ2) is 21.2. The van der Waals surface area contributed by atoms with Gasteiger partial charge in [-0.05, 0) is 80.0 Å². The third-order valence-electron chi connectivity index (χ3n) is 7.87. The number of rotatable bonds is 13. The van der Waals surface area contributed by atoms with Crippen molar-refractivity contribution in [2.75, 3.05) is 20.1 Å². The maximum atomic E-state index is 12.6. The first-order chi connectivity index (χ1) is 22.3. The molecule has 2 unspecified atom stereocenters. The molecule has 2 N–H and O–H groups in total. The van der Waals surface area contributed by atoms with Gasteiger partial charge in [-0.1, -0.05) is 121 Å². The number of halogens is 5. The van der Waals surface area contributed by atoms with Crippen molar-refractivity contribution < 1.29 is 17.9 Å². The van der Waals surface area contributed by atoms with Crippen LogP contribution < -0.4 is 15.4 Å². The smallest absolute Gasteiger partial charge is 0.416 e. The summed E-state index contributed by atoms with van der Waals surface area (Å²) in [6, 6.07) is 47.1. The van der Waals surface area contributed by atoms with Crippen LogP contribution in [-0.2, 0) is 6.18 Å². The number of hydrogen-bond donors (Lipinski definition) is 2. The average molecular weight is 698 g/mol. The summed E-state index contributed by atoms with van der Waals surface area (Å²) in [5, 5.41) is 6.72. The van der Waals surface area contributed by atoms with Crippen LogP contribution in [0.25, 0.3) is 0 Å². The minimum Gasteiger partial charge on any atom is -0.486 e. The maximum Gasteiger partial charge on any atom is 0.416 e. The van der Waals surface area contributed by atoms with Gasteiger partial charge in [-0.15, -0.1) is 24.8 Å². The van der Waals surface area contributed by atoms with E-state index in [1.54, 1.807) is 0 Å². The fourth-order valence-electron chi connectivity index (χ4n) is 5.32. The van der Waals surface area contributed by atoms with E-state index >= 15 is 0 Å². The van der Waals surface area contributed by atoms with E-state index in [4.69, 9.17) is 4.74 Å². The van der Waals surface area contributed by atoms with Crippen molar-refractivity contribution in [3.8, 4) is 5.75 Å². The largest absolute Gasteiger partial charge is 0.486 e. The first-order valence-corrected chi connectivity index (χ1v) is 15.8. The van der Waals surface area contributed by atoms with E-state index in [9.17, 15) is 13.2 Å². The van der Waals surface area contributed by atoms with Crippen LogP contribution in [0.3, 0.4) is 0 Å². The monoisotopic (exact) mass is 696 g/mol. The number of nitrogens with one attached hydrogen (secondary N) is 2. The van der Waals surface area contributed by atoms with Crippen molar-refractivity contribution in [1.29, 1.82) is 0 Å². The molecular weight excluding hydrogens is 652 g/mol. The molecule has 0 bridgehead atoms. The van der Waals surface area contributed by atoms with Crippen LogP contribution in [0.15, 0.2) is 146 Å². The summed E-state index contributed by atoms with van der Waals surface area (Å²) >= 11 is 0. The summed E-state index contributed by atoms with van der Waals surface area (Å²) in [5.74, 6) is 0.862. The lowest BCUT2D eigenvalue weighted by molar-refractivity contribution is -0.137. The van der Waals surface area contributed by atoms with Gasteiger partial charge < -0.3 is 15.4 Å². The SMILES string of the molecule is CC(NCCC(c1ccccc1)c1ccccc1)c1ccccc1.CNCCC(Oc1ccc(C(F)(F)F)cc1)c1ccccc1.Cl.Cl. The molecule has 8 heteroatoms. The molecule has 2 atom stereocenters. The summed E-state index contributed by atoms with van der Waals surface area (Å²) in [6.45, 7) is 3.97. The molecular formula is C40H45Cl2F3N2O. The third kappa shape index (κ3) is 13.0. The quantitative estimate of drug-likeness (QED) is 0.129. The molecule has 0 saturated carbocycles. The molecule has 0 aliphatic rings. The minimum absolute atomic E-state index is 0. The molecule has 5 rings (SSSR count). The summed E-state index contributed by atoms with van der Waals surface area (Å²) in [6.07, 6.45) is -2.72. The van der Waals surface area contributed by atoms with Crippen molar-refractivity contribution in [1.82, 2.24) is 10.6 Å². The standard InChI is InChI=1S/C23H25N.C17H18F3NO.2ClH/c1-19(20-11-5-2-6-12-20)24-18-17-23(21-13-7-3-8-14-21)22-15-9-4-10-16-22;1-21-12-11-16(13-5-3-2-4-6-13)22-15-9-7-14(8-10-15)17(18,19)20;;/h2-16,19,23-24H,17-18H2,1H3;2-10,16,21H,11-12H2,1H3;2*1H. The van der Waals surface area contributed by atoms with Gasteiger partial charge in [-0.2, -0.15) is 13.2 Å². The van der Waals surface area contributed by atoms with Gasteiger partial charge in [-0.25, -0.2) is 0 Å². The van der Waals surface area contributed by atoms with E-state index in [2.05, 4.69) is 109 Å². The Hall–Kier alpha value is -3.81. The Bertz CT molecular complexity index is 1490. The van der Waals surface area contributed by atoms with Gasteiger partial charge in [0, 0.05) is 18.4 Å². The zero-order chi connectivity index (χ0) is 32.6.